The van der Waals surface area contributed by atoms with Crippen LogP contribution in [-0.2, 0) is 4.74 Å². The first-order chi connectivity index (χ1) is 7.69. The van der Waals surface area contributed by atoms with Gasteiger partial charge in [-0.05, 0) is 19.1 Å². The lowest BCUT2D eigenvalue weighted by atomic mass is 10.1. The summed E-state index contributed by atoms with van der Waals surface area (Å²) in [5.74, 6) is -0.0904. The van der Waals surface area contributed by atoms with Crippen molar-refractivity contribution in [2.75, 3.05) is 17.3 Å². The van der Waals surface area contributed by atoms with Crippen LogP contribution >= 0.6 is 15.9 Å². The predicted molar refractivity (Wildman–Crippen MR) is 65.2 cm³/mol. The Balaban J connectivity index is 2.87. The van der Waals surface area contributed by atoms with Crippen LogP contribution in [0.4, 0.5) is 10.5 Å². The molecule has 0 aliphatic heterocycles. The quantitative estimate of drug-likeness (QED) is 0.684. The highest BCUT2D eigenvalue weighted by Gasteiger charge is 2.11. The van der Waals surface area contributed by atoms with Gasteiger partial charge in [0.1, 0.15) is 0 Å². The second-order valence-electron chi connectivity index (χ2n) is 2.95. The van der Waals surface area contributed by atoms with E-state index in [1.807, 2.05) is 0 Å². The maximum Gasteiger partial charge on any atom is 0.411 e. The highest BCUT2D eigenvalue weighted by Crippen LogP contribution is 2.16. The van der Waals surface area contributed by atoms with E-state index in [0.29, 0.717) is 17.9 Å². The number of rotatable bonds is 4. The Morgan fingerprint density at radius 1 is 1.38 bits per heavy atom. The van der Waals surface area contributed by atoms with Gasteiger partial charge in [0.15, 0.2) is 5.78 Å². The minimum Gasteiger partial charge on any atom is -0.450 e. The van der Waals surface area contributed by atoms with Gasteiger partial charge in [0.2, 0.25) is 0 Å². The number of ether oxygens (including phenoxy) is 1. The lowest BCUT2D eigenvalue weighted by molar-refractivity contribution is 0.102. The second kappa shape index (κ2) is 6.27. The highest BCUT2D eigenvalue weighted by atomic mass is 79.9. The molecular weight excluding hydrogens is 274 g/mol. The van der Waals surface area contributed by atoms with Gasteiger partial charge in [-0.25, -0.2) is 4.79 Å². The molecular formula is C11H12BrNO3. The Labute approximate surface area is 102 Å². The molecule has 1 aromatic rings. The molecule has 4 nitrogen and oxygen atoms in total. The largest absolute Gasteiger partial charge is 0.450 e. The van der Waals surface area contributed by atoms with E-state index in [1.165, 1.54) is 0 Å². The topological polar surface area (TPSA) is 55.4 Å². The van der Waals surface area contributed by atoms with E-state index < -0.39 is 6.09 Å². The van der Waals surface area contributed by atoms with Crippen molar-refractivity contribution in [3.63, 3.8) is 0 Å². The summed E-state index contributed by atoms with van der Waals surface area (Å²) in [4.78, 5) is 22.8. The SMILES string of the molecule is CCOC(=O)Nc1ccccc1C(=O)CBr. The van der Waals surface area contributed by atoms with E-state index in [0.717, 1.165) is 0 Å². The summed E-state index contributed by atoms with van der Waals surface area (Å²) in [6, 6.07) is 6.80. The minimum absolute atomic E-state index is 0.0904. The van der Waals surface area contributed by atoms with Crippen molar-refractivity contribution >= 4 is 33.5 Å². The Morgan fingerprint density at radius 3 is 2.69 bits per heavy atom. The number of benzene rings is 1. The fraction of sp³-hybridized carbons (Fsp3) is 0.273. The summed E-state index contributed by atoms with van der Waals surface area (Å²) in [5.41, 5.74) is 0.929. The molecule has 0 aromatic heterocycles. The molecule has 0 heterocycles. The van der Waals surface area contributed by atoms with Gasteiger partial charge in [0, 0.05) is 5.56 Å². The van der Waals surface area contributed by atoms with Crippen LogP contribution in [0.25, 0.3) is 0 Å². The molecule has 0 bridgehead atoms. The molecule has 0 unspecified atom stereocenters. The van der Waals surface area contributed by atoms with E-state index in [-0.39, 0.29) is 11.1 Å². The number of alkyl halides is 1. The van der Waals surface area contributed by atoms with Gasteiger partial charge in [-0.2, -0.15) is 0 Å². The molecule has 1 N–H and O–H groups in total. The van der Waals surface area contributed by atoms with E-state index in [1.54, 1.807) is 31.2 Å². The maximum atomic E-state index is 11.5. The summed E-state index contributed by atoms with van der Waals surface area (Å²) < 4.78 is 4.74. The standard InChI is InChI=1S/C11H12BrNO3/c1-2-16-11(15)13-9-6-4-3-5-8(9)10(14)7-12/h3-6H,2,7H2,1H3,(H,13,15). The van der Waals surface area contributed by atoms with Gasteiger partial charge in [-0.15, -0.1) is 0 Å². The number of ketones is 1. The minimum atomic E-state index is -0.558. The third-order valence-electron chi connectivity index (χ3n) is 1.86. The molecule has 1 rings (SSSR count). The molecule has 0 aliphatic rings. The van der Waals surface area contributed by atoms with Crippen LogP contribution in [0.1, 0.15) is 17.3 Å². The molecule has 0 spiro atoms. The second-order valence-corrected chi connectivity index (χ2v) is 3.51. The molecule has 0 fully saturated rings. The Hall–Kier alpha value is -1.36. The third-order valence-corrected chi connectivity index (χ3v) is 2.37. The number of halogens is 1. The lowest BCUT2D eigenvalue weighted by Crippen LogP contribution is -2.16. The lowest BCUT2D eigenvalue weighted by Gasteiger charge is -2.08. The van der Waals surface area contributed by atoms with E-state index in [9.17, 15) is 9.59 Å². The first kappa shape index (κ1) is 12.7. The fourth-order valence-electron chi connectivity index (χ4n) is 1.18. The van der Waals surface area contributed by atoms with Gasteiger partial charge in [0.05, 0.1) is 17.6 Å². The number of hydrogen-bond donors (Lipinski definition) is 1. The van der Waals surface area contributed by atoms with Gasteiger partial charge in [0.25, 0.3) is 0 Å². The van der Waals surface area contributed by atoms with E-state index in [4.69, 9.17) is 4.74 Å². The van der Waals surface area contributed by atoms with Crippen molar-refractivity contribution in [2.24, 2.45) is 0 Å². The smallest absolute Gasteiger partial charge is 0.411 e. The normalized spacial score (nSPS) is 9.62. The number of carbonyl (C=O) groups is 2. The number of Topliss-reactive ketones (excluding diaryl/α,β-unsaturated/α-hetero) is 1. The van der Waals surface area contributed by atoms with Crippen LogP contribution in [0.15, 0.2) is 24.3 Å². The molecule has 16 heavy (non-hydrogen) atoms. The van der Waals surface area contributed by atoms with Crippen LogP contribution in [0, 0.1) is 0 Å². The Kier molecular flexibility index (Phi) is 4.98. The zero-order chi connectivity index (χ0) is 12.0. The van der Waals surface area contributed by atoms with E-state index >= 15 is 0 Å². The van der Waals surface area contributed by atoms with Crippen LogP contribution < -0.4 is 5.32 Å². The summed E-state index contributed by atoms with van der Waals surface area (Å²) in [6.45, 7) is 2.01. The van der Waals surface area contributed by atoms with Gasteiger partial charge >= 0.3 is 6.09 Å². The van der Waals surface area contributed by atoms with Gasteiger partial charge in [-0.1, -0.05) is 28.1 Å². The van der Waals surface area contributed by atoms with Crippen molar-refractivity contribution < 1.29 is 14.3 Å². The Morgan fingerprint density at radius 2 is 2.06 bits per heavy atom. The summed E-state index contributed by atoms with van der Waals surface area (Å²) in [5, 5.41) is 2.74. The van der Waals surface area contributed by atoms with Gasteiger partial charge in [-0.3, -0.25) is 10.1 Å². The molecule has 5 heteroatoms. The number of para-hydroxylation sites is 1. The third kappa shape index (κ3) is 3.34. The van der Waals surface area contributed by atoms with Crippen molar-refractivity contribution in [3.05, 3.63) is 29.8 Å². The molecule has 0 radical (unpaired) electrons. The monoisotopic (exact) mass is 285 g/mol. The van der Waals surface area contributed by atoms with Crippen molar-refractivity contribution in [1.82, 2.24) is 0 Å². The van der Waals surface area contributed by atoms with Crippen LogP contribution in [0.2, 0.25) is 0 Å². The fourth-order valence-corrected chi connectivity index (χ4v) is 1.49. The van der Waals surface area contributed by atoms with Crippen LogP contribution in [0.5, 0.6) is 0 Å². The zero-order valence-electron chi connectivity index (χ0n) is 8.83. The maximum absolute atomic E-state index is 11.5. The molecule has 1 aromatic carbocycles. The number of hydrogen-bond acceptors (Lipinski definition) is 3. The van der Waals surface area contributed by atoms with Crippen molar-refractivity contribution in [2.45, 2.75) is 6.92 Å². The molecule has 86 valence electrons. The first-order valence-corrected chi connectivity index (χ1v) is 5.93. The summed E-state index contributed by atoms with van der Waals surface area (Å²) in [7, 11) is 0. The van der Waals surface area contributed by atoms with Crippen LogP contribution in [0.3, 0.4) is 0 Å². The predicted octanol–water partition coefficient (Wildman–Crippen LogP) is 2.83. The highest BCUT2D eigenvalue weighted by molar-refractivity contribution is 9.09. The number of carbonyl (C=O) groups excluding carboxylic acids is 2. The molecule has 1 amide bonds. The zero-order valence-corrected chi connectivity index (χ0v) is 10.4. The van der Waals surface area contributed by atoms with E-state index in [2.05, 4.69) is 21.2 Å². The molecule has 0 aliphatic carbocycles. The number of amides is 1. The number of anilines is 1. The molecule has 0 atom stereocenters. The summed E-state index contributed by atoms with van der Waals surface area (Å²) in [6.07, 6.45) is -0.558. The average Bonchev–Trinajstić information content (AvgIpc) is 2.29. The molecule has 0 saturated heterocycles. The Bertz CT molecular complexity index is 393. The first-order valence-electron chi connectivity index (χ1n) is 4.81. The van der Waals surface area contributed by atoms with Gasteiger partial charge < -0.3 is 4.74 Å². The summed E-state index contributed by atoms with van der Waals surface area (Å²) >= 11 is 3.09. The van der Waals surface area contributed by atoms with Crippen molar-refractivity contribution in [3.8, 4) is 0 Å². The van der Waals surface area contributed by atoms with Crippen molar-refractivity contribution in [1.29, 1.82) is 0 Å². The number of nitrogens with one attached hydrogen (secondary N) is 1. The average molecular weight is 286 g/mol. The molecule has 0 saturated carbocycles. The van der Waals surface area contributed by atoms with Crippen LogP contribution in [-0.4, -0.2) is 23.8 Å².